The zero-order valence-electron chi connectivity index (χ0n) is 10.5. The van der Waals surface area contributed by atoms with Gasteiger partial charge >= 0.3 is 0 Å². The van der Waals surface area contributed by atoms with Gasteiger partial charge in [-0.3, -0.25) is 0 Å². The third-order valence-electron chi connectivity index (χ3n) is 3.43. The second-order valence-electron chi connectivity index (χ2n) is 4.84. The summed E-state index contributed by atoms with van der Waals surface area (Å²) in [5.74, 6) is 1.06. The summed E-state index contributed by atoms with van der Waals surface area (Å²) in [5, 5.41) is 7.05. The minimum absolute atomic E-state index is 0.336. The van der Waals surface area contributed by atoms with E-state index in [1.807, 2.05) is 31.2 Å². The largest absolute Gasteiger partial charge is 0.360 e. The Bertz CT molecular complexity index is 620. The third kappa shape index (κ3) is 2.16. The SMILES string of the molecule is Cc1ccccc1-c1noc(C2CC2)c1C(Cl)N=O. The lowest BCUT2D eigenvalue weighted by molar-refractivity contribution is 0.384. The van der Waals surface area contributed by atoms with Crippen LogP contribution < -0.4 is 0 Å². The number of nitroso groups, excluding NO2 is 1. The van der Waals surface area contributed by atoms with E-state index >= 15 is 0 Å². The highest BCUT2D eigenvalue weighted by Crippen LogP contribution is 2.47. The van der Waals surface area contributed by atoms with Crippen LogP contribution in [0.25, 0.3) is 11.3 Å². The molecule has 0 bridgehead atoms. The van der Waals surface area contributed by atoms with Crippen LogP contribution in [0.2, 0.25) is 0 Å². The molecule has 0 radical (unpaired) electrons. The van der Waals surface area contributed by atoms with Crippen molar-refractivity contribution >= 4 is 11.6 Å². The first kappa shape index (κ1) is 12.4. The van der Waals surface area contributed by atoms with Crippen LogP contribution in [-0.4, -0.2) is 5.16 Å². The smallest absolute Gasteiger partial charge is 0.196 e. The van der Waals surface area contributed by atoms with Crippen molar-refractivity contribution in [2.45, 2.75) is 31.2 Å². The van der Waals surface area contributed by atoms with E-state index in [9.17, 15) is 4.91 Å². The monoisotopic (exact) mass is 276 g/mol. The van der Waals surface area contributed by atoms with Gasteiger partial charge in [0.15, 0.2) is 5.50 Å². The summed E-state index contributed by atoms with van der Waals surface area (Å²) in [6, 6.07) is 7.82. The molecule has 1 aliphatic rings. The Morgan fingerprint density at radius 1 is 1.42 bits per heavy atom. The van der Waals surface area contributed by atoms with Crippen LogP contribution in [0.5, 0.6) is 0 Å². The fraction of sp³-hybridized carbons (Fsp3) is 0.357. The maximum absolute atomic E-state index is 10.8. The van der Waals surface area contributed by atoms with E-state index in [2.05, 4.69) is 10.3 Å². The molecule has 0 aliphatic heterocycles. The van der Waals surface area contributed by atoms with Gasteiger partial charge in [0, 0.05) is 11.5 Å². The van der Waals surface area contributed by atoms with Crippen molar-refractivity contribution < 1.29 is 4.52 Å². The molecule has 98 valence electrons. The van der Waals surface area contributed by atoms with Crippen molar-refractivity contribution in [3.8, 4) is 11.3 Å². The minimum Gasteiger partial charge on any atom is -0.360 e. The Kier molecular flexibility index (Phi) is 3.11. The molecule has 1 heterocycles. The number of hydrogen-bond donors (Lipinski definition) is 0. The molecule has 5 heteroatoms. The maximum atomic E-state index is 10.8. The van der Waals surface area contributed by atoms with Crippen LogP contribution in [0.3, 0.4) is 0 Å². The second-order valence-corrected chi connectivity index (χ2v) is 5.25. The molecule has 1 aromatic carbocycles. The number of alkyl halides is 1. The predicted molar refractivity (Wildman–Crippen MR) is 73.0 cm³/mol. The number of aromatic nitrogens is 1. The van der Waals surface area contributed by atoms with E-state index < -0.39 is 5.50 Å². The van der Waals surface area contributed by atoms with Gasteiger partial charge in [-0.25, -0.2) is 0 Å². The van der Waals surface area contributed by atoms with E-state index in [4.69, 9.17) is 16.1 Å². The zero-order valence-corrected chi connectivity index (χ0v) is 11.2. The average molecular weight is 277 g/mol. The van der Waals surface area contributed by atoms with Crippen LogP contribution >= 0.6 is 11.6 Å². The van der Waals surface area contributed by atoms with Crippen LogP contribution in [0, 0.1) is 11.8 Å². The zero-order chi connectivity index (χ0) is 13.4. The molecule has 1 saturated carbocycles. The van der Waals surface area contributed by atoms with Crippen molar-refractivity contribution in [1.82, 2.24) is 5.16 Å². The number of rotatable bonds is 4. The van der Waals surface area contributed by atoms with Gasteiger partial charge in [0.2, 0.25) is 0 Å². The van der Waals surface area contributed by atoms with Crippen molar-refractivity contribution in [1.29, 1.82) is 0 Å². The van der Waals surface area contributed by atoms with Gasteiger partial charge in [-0.2, -0.15) is 0 Å². The summed E-state index contributed by atoms with van der Waals surface area (Å²) in [5.41, 5.74) is 2.32. The summed E-state index contributed by atoms with van der Waals surface area (Å²) in [6.45, 7) is 1.99. The van der Waals surface area contributed by atoms with E-state index in [-0.39, 0.29) is 0 Å². The second kappa shape index (κ2) is 4.78. The average Bonchev–Trinajstić information content (AvgIpc) is 3.18. The molecule has 1 aliphatic carbocycles. The number of nitrogens with zero attached hydrogens (tertiary/aromatic N) is 2. The topological polar surface area (TPSA) is 55.5 Å². The molecule has 1 fully saturated rings. The van der Waals surface area contributed by atoms with Crippen molar-refractivity contribution in [2.24, 2.45) is 5.18 Å². The lowest BCUT2D eigenvalue weighted by atomic mass is 10.0. The Morgan fingerprint density at radius 3 is 2.79 bits per heavy atom. The minimum atomic E-state index is -0.948. The first-order chi connectivity index (χ1) is 9.22. The molecule has 0 spiro atoms. The normalized spacial score (nSPS) is 16.3. The number of halogens is 1. The van der Waals surface area contributed by atoms with Crippen LogP contribution in [-0.2, 0) is 0 Å². The molecule has 0 saturated heterocycles. The first-order valence-electron chi connectivity index (χ1n) is 6.24. The van der Waals surface area contributed by atoms with Crippen molar-refractivity contribution in [3.05, 3.63) is 46.1 Å². The van der Waals surface area contributed by atoms with Crippen molar-refractivity contribution in [3.63, 3.8) is 0 Å². The van der Waals surface area contributed by atoms with Crippen LogP contribution in [0.15, 0.2) is 34.0 Å². The van der Waals surface area contributed by atoms with Crippen LogP contribution in [0.4, 0.5) is 0 Å². The number of hydrogen-bond acceptors (Lipinski definition) is 4. The molecule has 0 amide bonds. The standard InChI is InChI=1S/C14H13ClN2O2/c1-8-4-2-3-5-10(8)12-11(14(15)16-18)13(19-17-12)9-6-7-9/h2-5,9,14H,6-7H2,1H3. The summed E-state index contributed by atoms with van der Waals surface area (Å²) in [4.78, 5) is 10.8. The molecule has 1 unspecified atom stereocenters. The Balaban J connectivity index is 2.16. The third-order valence-corrected chi connectivity index (χ3v) is 3.73. The van der Waals surface area contributed by atoms with E-state index in [1.165, 1.54) is 0 Å². The van der Waals surface area contributed by atoms with Gasteiger partial charge in [-0.05, 0) is 30.5 Å². The number of benzene rings is 1. The van der Waals surface area contributed by atoms with E-state index in [0.29, 0.717) is 17.2 Å². The number of aryl methyl sites for hydroxylation is 1. The van der Waals surface area contributed by atoms with Crippen molar-refractivity contribution in [2.75, 3.05) is 0 Å². The lowest BCUT2D eigenvalue weighted by Crippen LogP contribution is -1.94. The predicted octanol–water partition coefficient (Wildman–Crippen LogP) is 4.53. The highest BCUT2D eigenvalue weighted by atomic mass is 35.5. The molecule has 4 nitrogen and oxygen atoms in total. The highest BCUT2D eigenvalue weighted by Gasteiger charge is 2.35. The van der Waals surface area contributed by atoms with Gasteiger partial charge in [-0.15, -0.1) is 4.91 Å². The van der Waals surface area contributed by atoms with Crippen LogP contribution in [0.1, 0.15) is 41.1 Å². The molecule has 1 aromatic heterocycles. The molecule has 19 heavy (non-hydrogen) atoms. The van der Waals surface area contributed by atoms with Gasteiger partial charge in [-0.1, -0.05) is 41.0 Å². The Hall–Kier alpha value is -1.68. The summed E-state index contributed by atoms with van der Waals surface area (Å²) >= 11 is 6.04. The molecule has 1 atom stereocenters. The van der Waals surface area contributed by atoms with Gasteiger partial charge < -0.3 is 4.52 Å². The maximum Gasteiger partial charge on any atom is 0.196 e. The first-order valence-corrected chi connectivity index (χ1v) is 6.68. The summed E-state index contributed by atoms with van der Waals surface area (Å²) < 4.78 is 5.42. The molecule has 3 rings (SSSR count). The Morgan fingerprint density at radius 2 is 2.16 bits per heavy atom. The van der Waals surface area contributed by atoms with E-state index in [1.54, 1.807) is 0 Å². The lowest BCUT2D eigenvalue weighted by Gasteiger charge is -2.06. The van der Waals surface area contributed by atoms with Gasteiger partial charge in [0.25, 0.3) is 0 Å². The fourth-order valence-corrected chi connectivity index (χ4v) is 2.48. The molecule has 2 aromatic rings. The quantitative estimate of drug-likeness (QED) is 0.468. The molecular weight excluding hydrogens is 264 g/mol. The fourth-order valence-electron chi connectivity index (χ4n) is 2.27. The van der Waals surface area contributed by atoms with E-state index in [0.717, 1.165) is 29.7 Å². The summed E-state index contributed by atoms with van der Waals surface area (Å²) in [6.07, 6.45) is 2.11. The highest BCUT2D eigenvalue weighted by molar-refractivity contribution is 6.21. The molecular formula is C14H13ClN2O2. The Labute approximate surface area is 115 Å². The molecule has 0 N–H and O–H groups in total. The van der Waals surface area contributed by atoms with Gasteiger partial charge in [0.05, 0.1) is 5.56 Å². The summed E-state index contributed by atoms with van der Waals surface area (Å²) in [7, 11) is 0. The van der Waals surface area contributed by atoms with Gasteiger partial charge in [0.1, 0.15) is 11.5 Å².